The quantitative estimate of drug-likeness (QED) is 0.784. The van der Waals surface area contributed by atoms with Crippen LogP contribution in [0.25, 0.3) is 0 Å². The van der Waals surface area contributed by atoms with Crippen LogP contribution in [-0.2, 0) is 6.54 Å². The minimum absolute atomic E-state index is 0.685. The van der Waals surface area contributed by atoms with Gasteiger partial charge in [-0.3, -0.25) is 0 Å². The van der Waals surface area contributed by atoms with Gasteiger partial charge in [0.2, 0.25) is 0 Å². The van der Waals surface area contributed by atoms with Crippen LogP contribution in [0.2, 0.25) is 0 Å². The van der Waals surface area contributed by atoms with Crippen molar-refractivity contribution in [2.45, 2.75) is 45.7 Å². The molecule has 1 aromatic rings. The number of nitrogens with one attached hydrogen (secondary N) is 1. The Labute approximate surface area is 90.5 Å². The normalized spacial score (nSPS) is 18.4. The summed E-state index contributed by atoms with van der Waals surface area (Å²) in [5.74, 6) is 1.03. The zero-order valence-corrected chi connectivity index (χ0v) is 9.86. The largest absolute Gasteiger partial charge is 0.309 e. The maximum absolute atomic E-state index is 3.59. The van der Waals surface area contributed by atoms with Crippen molar-refractivity contribution < 1.29 is 0 Å². The molecule has 0 aliphatic heterocycles. The lowest BCUT2D eigenvalue weighted by Gasteiger charge is -2.11. The fourth-order valence-electron chi connectivity index (χ4n) is 1.79. The van der Waals surface area contributed by atoms with Crippen LogP contribution in [0.4, 0.5) is 0 Å². The average molecular weight is 209 g/mol. The molecule has 0 bridgehead atoms. The summed E-state index contributed by atoms with van der Waals surface area (Å²) in [5.41, 5.74) is 0. The van der Waals surface area contributed by atoms with Crippen molar-refractivity contribution in [1.82, 2.24) is 5.32 Å². The molecule has 1 heterocycles. The first-order valence-electron chi connectivity index (χ1n) is 5.53. The lowest BCUT2D eigenvalue weighted by molar-refractivity contribution is 0.490. The minimum atomic E-state index is 0.685. The van der Waals surface area contributed by atoms with Crippen molar-refractivity contribution in [2.24, 2.45) is 5.92 Å². The van der Waals surface area contributed by atoms with Crippen molar-refractivity contribution >= 4 is 11.3 Å². The topological polar surface area (TPSA) is 12.0 Å². The summed E-state index contributed by atoms with van der Waals surface area (Å²) in [4.78, 5) is 2.88. The highest BCUT2D eigenvalue weighted by molar-refractivity contribution is 7.11. The van der Waals surface area contributed by atoms with Gasteiger partial charge in [-0.1, -0.05) is 12.8 Å². The molecule has 1 N–H and O–H groups in total. The van der Waals surface area contributed by atoms with E-state index >= 15 is 0 Å². The number of rotatable bonds is 5. The average Bonchev–Trinajstić information content (AvgIpc) is 2.85. The van der Waals surface area contributed by atoms with Gasteiger partial charge >= 0.3 is 0 Å². The SMILES string of the molecule is Cc1ccc(CNC(C)CC2CC2)s1. The molecule has 2 rings (SSSR count). The van der Waals surface area contributed by atoms with Crippen molar-refractivity contribution in [1.29, 1.82) is 0 Å². The predicted molar refractivity (Wildman–Crippen MR) is 62.7 cm³/mol. The van der Waals surface area contributed by atoms with Crippen LogP contribution in [0, 0.1) is 12.8 Å². The Morgan fingerprint density at radius 1 is 1.50 bits per heavy atom. The highest BCUT2D eigenvalue weighted by atomic mass is 32.1. The smallest absolute Gasteiger partial charge is 0.0302 e. The van der Waals surface area contributed by atoms with E-state index in [2.05, 4.69) is 31.3 Å². The summed E-state index contributed by atoms with van der Waals surface area (Å²) in [7, 11) is 0. The number of hydrogen-bond donors (Lipinski definition) is 1. The maximum atomic E-state index is 3.59. The highest BCUT2D eigenvalue weighted by Gasteiger charge is 2.23. The number of aryl methyl sites for hydroxylation is 1. The number of hydrogen-bond acceptors (Lipinski definition) is 2. The van der Waals surface area contributed by atoms with Gasteiger partial charge in [0.05, 0.1) is 0 Å². The summed E-state index contributed by atoms with van der Waals surface area (Å²) in [5, 5.41) is 3.59. The molecule has 14 heavy (non-hydrogen) atoms. The van der Waals surface area contributed by atoms with Gasteiger partial charge in [-0.05, 0) is 38.3 Å². The van der Waals surface area contributed by atoms with E-state index in [9.17, 15) is 0 Å². The van der Waals surface area contributed by atoms with Crippen LogP contribution in [0.15, 0.2) is 12.1 Å². The van der Waals surface area contributed by atoms with E-state index in [0.717, 1.165) is 12.5 Å². The fraction of sp³-hybridized carbons (Fsp3) is 0.667. The van der Waals surface area contributed by atoms with Crippen LogP contribution in [0.3, 0.4) is 0 Å². The van der Waals surface area contributed by atoms with Crippen molar-refractivity contribution in [3.8, 4) is 0 Å². The molecule has 1 saturated carbocycles. The Kier molecular flexibility index (Phi) is 3.24. The van der Waals surface area contributed by atoms with Crippen molar-refractivity contribution in [2.75, 3.05) is 0 Å². The molecule has 0 spiro atoms. The molecule has 1 unspecified atom stereocenters. The van der Waals surface area contributed by atoms with E-state index in [0.29, 0.717) is 6.04 Å². The summed E-state index contributed by atoms with van der Waals surface area (Å²) < 4.78 is 0. The molecule has 1 aromatic heterocycles. The van der Waals surface area contributed by atoms with E-state index in [1.807, 2.05) is 11.3 Å². The van der Waals surface area contributed by atoms with E-state index in [1.165, 1.54) is 29.0 Å². The molecule has 0 radical (unpaired) electrons. The van der Waals surface area contributed by atoms with Crippen LogP contribution >= 0.6 is 11.3 Å². The summed E-state index contributed by atoms with van der Waals surface area (Å²) in [6.45, 7) is 5.52. The molecule has 78 valence electrons. The second-order valence-electron chi connectivity index (χ2n) is 4.47. The molecule has 0 aromatic carbocycles. The van der Waals surface area contributed by atoms with Gasteiger partial charge < -0.3 is 5.32 Å². The van der Waals surface area contributed by atoms with Gasteiger partial charge in [0, 0.05) is 22.3 Å². The lowest BCUT2D eigenvalue weighted by atomic mass is 10.1. The molecular formula is C12H19NS. The van der Waals surface area contributed by atoms with Gasteiger partial charge in [-0.2, -0.15) is 0 Å². The standard InChI is InChI=1S/C12H19NS/c1-9(7-11-4-5-11)13-8-12-6-3-10(2)14-12/h3,6,9,11,13H,4-5,7-8H2,1-2H3. The Balaban J connectivity index is 1.70. The first-order chi connectivity index (χ1) is 6.74. The molecule has 0 amide bonds. The van der Waals surface area contributed by atoms with Crippen molar-refractivity contribution in [3.05, 3.63) is 21.9 Å². The third-order valence-corrected chi connectivity index (χ3v) is 3.81. The minimum Gasteiger partial charge on any atom is -0.309 e. The third kappa shape index (κ3) is 3.10. The van der Waals surface area contributed by atoms with Crippen molar-refractivity contribution in [3.63, 3.8) is 0 Å². The second-order valence-corrected chi connectivity index (χ2v) is 5.85. The van der Waals surface area contributed by atoms with E-state index < -0.39 is 0 Å². The summed E-state index contributed by atoms with van der Waals surface area (Å²) in [6, 6.07) is 5.12. The van der Waals surface area contributed by atoms with Gasteiger partial charge in [0.25, 0.3) is 0 Å². The second kappa shape index (κ2) is 4.45. The van der Waals surface area contributed by atoms with Gasteiger partial charge in [0.1, 0.15) is 0 Å². The van der Waals surface area contributed by atoms with Crippen LogP contribution in [-0.4, -0.2) is 6.04 Å². The first-order valence-corrected chi connectivity index (χ1v) is 6.34. The zero-order chi connectivity index (χ0) is 9.97. The van der Waals surface area contributed by atoms with Gasteiger partial charge in [-0.25, -0.2) is 0 Å². The van der Waals surface area contributed by atoms with Crippen LogP contribution in [0.1, 0.15) is 35.9 Å². The lowest BCUT2D eigenvalue weighted by Crippen LogP contribution is -2.25. The third-order valence-electron chi connectivity index (χ3n) is 2.80. The molecule has 2 heteroatoms. The van der Waals surface area contributed by atoms with E-state index in [1.54, 1.807) is 0 Å². The first kappa shape index (κ1) is 10.2. The molecule has 0 saturated heterocycles. The fourth-order valence-corrected chi connectivity index (χ4v) is 2.63. The number of thiophene rings is 1. The predicted octanol–water partition coefficient (Wildman–Crippen LogP) is 3.33. The van der Waals surface area contributed by atoms with Crippen LogP contribution in [0.5, 0.6) is 0 Å². The van der Waals surface area contributed by atoms with Gasteiger partial charge in [-0.15, -0.1) is 11.3 Å². The zero-order valence-electron chi connectivity index (χ0n) is 9.05. The van der Waals surface area contributed by atoms with E-state index in [-0.39, 0.29) is 0 Å². The van der Waals surface area contributed by atoms with Gasteiger partial charge in [0.15, 0.2) is 0 Å². The molecule has 1 aliphatic rings. The Bertz CT molecular complexity index is 288. The molecule has 1 nitrogen and oxygen atoms in total. The Morgan fingerprint density at radius 3 is 2.86 bits per heavy atom. The molecule has 1 atom stereocenters. The maximum Gasteiger partial charge on any atom is 0.0302 e. The Hall–Kier alpha value is -0.340. The monoisotopic (exact) mass is 209 g/mol. The molecule has 1 aliphatic carbocycles. The summed E-state index contributed by atoms with van der Waals surface area (Å²) >= 11 is 1.90. The molecular weight excluding hydrogens is 190 g/mol. The Morgan fingerprint density at radius 2 is 2.29 bits per heavy atom. The highest BCUT2D eigenvalue weighted by Crippen LogP contribution is 2.33. The summed E-state index contributed by atoms with van der Waals surface area (Å²) in [6.07, 6.45) is 4.29. The van der Waals surface area contributed by atoms with Crippen LogP contribution < -0.4 is 5.32 Å². The molecule has 1 fully saturated rings. The van der Waals surface area contributed by atoms with E-state index in [4.69, 9.17) is 0 Å².